The summed E-state index contributed by atoms with van der Waals surface area (Å²) >= 11 is 13.5. The van der Waals surface area contributed by atoms with Crippen molar-refractivity contribution in [3.8, 4) is 11.5 Å². The molecule has 1 aliphatic rings. The van der Waals surface area contributed by atoms with Gasteiger partial charge in [-0.05, 0) is 30.7 Å². The monoisotopic (exact) mass is 343 g/mol. The molecule has 0 amide bonds. The average molecular weight is 344 g/mol. The predicted molar refractivity (Wildman–Crippen MR) is 87.1 cm³/mol. The van der Waals surface area contributed by atoms with Crippen LogP contribution in [0.15, 0.2) is 30.3 Å². The van der Waals surface area contributed by atoms with Gasteiger partial charge in [-0.15, -0.1) is 11.3 Å². The van der Waals surface area contributed by atoms with E-state index in [4.69, 9.17) is 32.7 Å². The summed E-state index contributed by atoms with van der Waals surface area (Å²) in [4.78, 5) is 0. The van der Waals surface area contributed by atoms with Crippen LogP contribution in [0.1, 0.15) is 18.5 Å². The summed E-state index contributed by atoms with van der Waals surface area (Å²) in [5.41, 5.74) is 1.02. The van der Waals surface area contributed by atoms with Crippen LogP contribution in [0, 0.1) is 0 Å². The van der Waals surface area contributed by atoms with Crippen LogP contribution in [-0.4, -0.2) is 19.3 Å². The van der Waals surface area contributed by atoms with Crippen molar-refractivity contribution in [2.75, 3.05) is 13.2 Å². The molecule has 2 aromatic rings. The van der Waals surface area contributed by atoms with E-state index in [1.54, 1.807) is 0 Å². The molecular formula is C15H15Cl2NO2S. The number of nitrogens with one attached hydrogen (secondary N) is 1. The summed E-state index contributed by atoms with van der Waals surface area (Å²) in [5.74, 6) is 1.59. The van der Waals surface area contributed by atoms with Gasteiger partial charge in [-0.25, -0.2) is 0 Å². The summed E-state index contributed by atoms with van der Waals surface area (Å²) in [6.45, 7) is 3.27. The molecule has 21 heavy (non-hydrogen) atoms. The minimum Gasteiger partial charge on any atom is -0.486 e. The topological polar surface area (TPSA) is 30.5 Å². The maximum atomic E-state index is 6.17. The lowest BCUT2D eigenvalue weighted by Gasteiger charge is -2.27. The molecule has 1 aliphatic heterocycles. The molecule has 0 spiro atoms. The summed E-state index contributed by atoms with van der Waals surface area (Å²) in [5, 5.41) is 3.41. The van der Waals surface area contributed by atoms with Crippen molar-refractivity contribution in [2.45, 2.75) is 19.1 Å². The van der Waals surface area contributed by atoms with Gasteiger partial charge >= 0.3 is 0 Å². The first-order valence-corrected chi connectivity index (χ1v) is 8.27. The maximum absolute atomic E-state index is 6.17. The van der Waals surface area contributed by atoms with Gasteiger partial charge < -0.3 is 14.8 Å². The molecule has 6 heteroatoms. The van der Waals surface area contributed by atoms with Gasteiger partial charge in [0.2, 0.25) is 0 Å². The summed E-state index contributed by atoms with van der Waals surface area (Å²) in [6, 6.07) is 9.72. The van der Waals surface area contributed by atoms with Crippen molar-refractivity contribution in [3.05, 3.63) is 44.6 Å². The van der Waals surface area contributed by atoms with E-state index in [1.165, 1.54) is 11.3 Å². The molecule has 3 rings (SSSR count). The fourth-order valence-corrected chi connectivity index (χ4v) is 3.88. The van der Waals surface area contributed by atoms with E-state index >= 15 is 0 Å². The van der Waals surface area contributed by atoms with Gasteiger partial charge in [0, 0.05) is 12.6 Å². The molecule has 0 aliphatic carbocycles. The number of ether oxygens (including phenoxy) is 2. The van der Waals surface area contributed by atoms with Crippen LogP contribution in [0.4, 0.5) is 0 Å². The Morgan fingerprint density at radius 3 is 2.81 bits per heavy atom. The van der Waals surface area contributed by atoms with Crippen LogP contribution in [0.5, 0.6) is 11.5 Å². The second-order valence-electron chi connectivity index (χ2n) is 4.91. The molecule has 0 fully saturated rings. The van der Waals surface area contributed by atoms with E-state index in [2.05, 4.69) is 12.2 Å². The van der Waals surface area contributed by atoms with Crippen LogP contribution in [0.2, 0.25) is 8.67 Å². The van der Waals surface area contributed by atoms with E-state index in [9.17, 15) is 0 Å². The van der Waals surface area contributed by atoms with Crippen molar-refractivity contribution in [1.82, 2.24) is 5.32 Å². The van der Waals surface area contributed by atoms with Gasteiger partial charge in [-0.3, -0.25) is 0 Å². The lowest BCUT2D eigenvalue weighted by molar-refractivity contribution is 0.0886. The molecular weight excluding hydrogens is 329 g/mol. The second kappa shape index (κ2) is 6.44. The van der Waals surface area contributed by atoms with Gasteiger partial charge in [0.1, 0.15) is 12.7 Å². The second-order valence-corrected chi connectivity index (χ2v) is 7.19. The molecule has 2 unspecified atom stereocenters. The summed E-state index contributed by atoms with van der Waals surface area (Å²) in [7, 11) is 0. The standard InChI is InChI=1S/C15H15Cl2NO2S/c1-9(11-6-14(16)21-15(11)17)18-7-10-8-19-12-4-2-3-5-13(12)20-10/h2-6,9-10,18H,7-8H2,1H3. The largest absolute Gasteiger partial charge is 0.486 e. The maximum Gasteiger partial charge on any atom is 0.161 e. The lowest BCUT2D eigenvalue weighted by atomic mass is 10.1. The third kappa shape index (κ3) is 3.46. The first kappa shape index (κ1) is 15.0. The number of benzene rings is 1. The highest BCUT2D eigenvalue weighted by Gasteiger charge is 2.22. The number of thiophene rings is 1. The van der Waals surface area contributed by atoms with Gasteiger partial charge in [-0.2, -0.15) is 0 Å². The molecule has 0 bridgehead atoms. The quantitative estimate of drug-likeness (QED) is 0.883. The number of para-hydroxylation sites is 2. The number of fused-ring (bicyclic) bond motifs is 1. The zero-order valence-corrected chi connectivity index (χ0v) is 13.8. The molecule has 1 aromatic heterocycles. The molecule has 0 radical (unpaired) electrons. The Morgan fingerprint density at radius 1 is 1.33 bits per heavy atom. The highest BCUT2D eigenvalue weighted by Crippen LogP contribution is 2.35. The molecule has 1 aromatic carbocycles. The zero-order valence-electron chi connectivity index (χ0n) is 11.4. The smallest absolute Gasteiger partial charge is 0.161 e. The van der Waals surface area contributed by atoms with Crippen LogP contribution in [-0.2, 0) is 0 Å². The third-order valence-electron chi connectivity index (χ3n) is 3.37. The SMILES string of the molecule is CC(NCC1COc2ccccc2O1)c1cc(Cl)sc1Cl. The lowest BCUT2D eigenvalue weighted by Crippen LogP contribution is -2.39. The number of hydrogen-bond donors (Lipinski definition) is 1. The van der Waals surface area contributed by atoms with E-state index in [-0.39, 0.29) is 12.1 Å². The minimum atomic E-state index is -0.0183. The normalized spacial score (nSPS) is 18.5. The molecule has 1 N–H and O–H groups in total. The highest BCUT2D eigenvalue weighted by atomic mass is 35.5. The molecule has 0 saturated carbocycles. The minimum absolute atomic E-state index is 0.0183. The van der Waals surface area contributed by atoms with Gasteiger partial charge in [0.15, 0.2) is 11.5 Å². The Morgan fingerprint density at radius 2 is 2.10 bits per heavy atom. The zero-order chi connectivity index (χ0) is 14.8. The predicted octanol–water partition coefficient (Wildman–Crippen LogP) is 4.55. The van der Waals surface area contributed by atoms with Gasteiger partial charge in [0.05, 0.1) is 8.67 Å². The average Bonchev–Trinajstić information content (AvgIpc) is 2.83. The summed E-state index contributed by atoms with van der Waals surface area (Å²) in [6.07, 6.45) is -0.0183. The van der Waals surface area contributed by atoms with Crippen LogP contribution >= 0.6 is 34.5 Å². The van der Waals surface area contributed by atoms with Crippen molar-refractivity contribution < 1.29 is 9.47 Å². The molecule has 2 heterocycles. The molecule has 112 valence electrons. The Bertz CT molecular complexity index is 632. The number of halogens is 2. The third-order valence-corrected chi connectivity index (χ3v) is 4.89. The molecule has 3 nitrogen and oxygen atoms in total. The summed E-state index contributed by atoms with van der Waals surface area (Å²) < 4.78 is 13.0. The Kier molecular flexibility index (Phi) is 4.60. The van der Waals surface area contributed by atoms with Crippen molar-refractivity contribution in [3.63, 3.8) is 0 Å². The number of rotatable bonds is 4. The Balaban J connectivity index is 1.58. The van der Waals surface area contributed by atoms with Crippen molar-refractivity contribution >= 4 is 34.5 Å². The van der Waals surface area contributed by atoms with E-state index in [1.807, 2.05) is 30.3 Å². The van der Waals surface area contributed by atoms with E-state index in [0.29, 0.717) is 17.5 Å². The Hall–Kier alpha value is -0.940. The first-order chi connectivity index (χ1) is 10.1. The van der Waals surface area contributed by atoms with Crippen LogP contribution < -0.4 is 14.8 Å². The van der Waals surface area contributed by atoms with Crippen molar-refractivity contribution in [1.29, 1.82) is 0 Å². The Labute approximate surface area is 137 Å². The van der Waals surface area contributed by atoms with Gasteiger partial charge in [0.25, 0.3) is 0 Å². The fraction of sp³-hybridized carbons (Fsp3) is 0.333. The first-order valence-electron chi connectivity index (χ1n) is 6.70. The molecule has 0 saturated heterocycles. The van der Waals surface area contributed by atoms with Crippen LogP contribution in [0.3, 0.4) is 0 Å². The highest BCUT2D eigenvalue weighted by molar-refractivity contribution is 7.20. The van der Waals surface area contributed by atoms with Crippen LogP contribution in [0.25, 0.3) is 0 Å². The van der Waals surface area contributed by atoms with Crippen molar-refractivity contribution in [2.24, 2.45) is 0 Å². The van der Waals surface area contributed by atoms with Gasteiger partial charge in [-0.1, -0.05) is 35.3 Å². The fourth-order valence-electron chi connectivity index (χ4n) is 2.23. The molecule has 2 atom stereocenters. The number of hydrogen-bond acceptors (Lipinski definition) is 4. The van der Waals surface area contributed by atoms with E-state index < -0.39 is 0 Å². The van der Waals surface area contributed by atoms with E-state index in [0.717, 1.165) is 21.4 Å².